The summed E-state index contributed by atoms with van der Waals surface area (Å²) in [6.45, 7) is 4.27. The number of unbranched alkanes of at least 4 members (excludes halogenated alkanes) is 1. The van der Waals surface area contributed by atoms with Gasteiger partial charge in [-0.3, -0.25) is 8.98 Å². The van der Waals surface area contributed by atoms with Crippen molar-refractivity contribution >= 4 is 21.3 Å². The first-order chi connectivity index (χ1) is 18.3. The van der Waals surface area contributed by atoms with Crippen LogP contribution in [0.4, 0.5) is 0 Å². The first-order valence-corrected chi connectivity index (χ1v) is 14.7. The predicted molar refractivity (Wildman–Crippen MR) is 148 cm³/mol. The van der Waals surface area contributed by atoms with Crippen LogP contribution in [0.3, 0.4) is 0 Å². The molecule has 9 nitrogen and oxygen atoms in total. The number of imidazole rings is 1. The largest absolute Gasteiger partial charge is 0.493 e. The van der Waals surface area contributed by atoms with Crippen LogP contribution < -0.4 is 10.3 Å². The Morgan fingerprint density at radius 3 is 2.53 bits per heavy atom. The number of nitrogens with zero attached hydrogens (tertiary/aromatic N) is 3. The number of fused-ring (bicyclic) bond motifs is 1. The monoisotopic (exact) mass is 538 g/mol. The fourth-order valence-electron chi connectivity index (χ4n) is 4.56. The highest BCUT2D eigenvalue weighted by molar-refractivity contribution is 7.86. The maximum atomic E-state index is 13.0. The zero-order valence-corrected chi connectivity index (χ0v) is 22.8. The highest BCUT2D eigenvalue weighted by Crippen LogP contribution is 2.30. The SMILES string of the molecule is CCCOc1ccccc1-c1nc2c(ncn2C(CCCCc2ccccc2)C(C)OS(C)(=O)=O)c(=O)[nH]1. The number of benzene rings is 2. The molecule has 0 amide bonds. The van der Waals surface area contributed by atoms with Gasteiger partial charge in [0, 0.05) is 0 Å². The molecule has 0 saturated heterocycles. The van der Waals surface area contributed by atoms with Crippen molar-refractivity contribution in [3.05, 3.63) is 76.8 Å². The normalized spacial score (nSPS) is 13.4. The number of ether oxygens (including phenoxy) is 1. The summed E-state index contributed by atoms with van der Waals surface area (Å²) in [5, 5.41) is 0. The predicted octanol–water partition coefficient (Wildman–Crippen LogP) is 4.89. The molecular formula is C28H34N4O5S. The third-order valence-corrected chi connectivity index (χ3v) is 6.97. The van der Waals surface area contributed by atoms with Gasteiger partial charge in [0.25, 0.3) is 15.7 Å². The van der Waals surface area contributed by atoms with E-state index in [-0.39, 0.29) is 11.1 Å². The Balaban J connectivity index is 1.68. The Hall–Kier alpha value is -3.50. The van der Waals surface area contributed by atoms with Gasteiger partial charge in [-0.25, -0.2) is 9.97 Å². The Bertz CT molecular complexity index is 1520. The molecule has 0 radical (unpaired) electrons. The molecule has 0 aliphatic carbocycles. The van der Waals surface area contributed by atoms with Crippen molar-refractivity contribution in [1.82, 2.24) is 19.5 Å². The van der Waals surface area contributed by atoms with E-state index in [0.717, 1.165) is 31.9 Å². The van der Waals surface area contributed by atoms with E-state index in [0.29, 0.717) is 35.8 Å². The Morgan fingerprint density at radius 2 is 1.79 bits per heavy atom. The minimum atomic E-state index is -3.70. The zero-order chi connectivity index (χ0) is 27.1. The molecule has 4 rings (SSSR count). The fraction of sp³-hybridized carbons (Fsp3) is 0.393. The summed E-state index contributed by atoms with van der Waals surface area (Å²) in [4.78, 5) is 24.9. The Morgan fingerprint density at radius 1 is 1.05 bits per heavy atom. The van der Waals surface area contributed by atoms with Crippen LogP contribution >= 0.6 is 0 Å². The van der Waals surface area contributed by atoms with Crippen LogP contribution in [0.1, 0.15) is 51.1 Å². The maximum absolute atomic E-state index is 13.0. The number of nitrogens with one attached hydrogen (secondary N) is 1. The van der Waals surface area contributed by atoms with E-state index in [1.54, 1.807) is 17.8 Å². The molecule has 0 saturated carbocycles. The van der Waals surface area contributed by atoms with Gasteiger partial charge in [-0.15, -0.1) is 0 Å². The van der Waals surface area contributed by atoms with E-state index in [9.17, 15) is 13.2 Å². The van der Waals surface area contributed by atoms with Crippen LogP contribution in [0, 0.1) is 0 Å². The second kappa shape index (κ2) is 12.4. The average Bonchev–Trinajstić information content (AvgIpc) is 3.31. The Kier molecular flexibility index (Phi) is 8.96. The molecule has 0 bridgehead atoms. The first kappa shape index (κ1) is 27.5. The third kappa shape index (κ3) is 6.87. The maximum Gasteiger partial charge on any atom is 0.279 e. The fourth-order valence-corrected chi connectivity index (χ4v) is 5.24. The summed E-state index contributed by atoms with van der Waals surface area (Å²) < 4.78 is 37.0. The highest BCUT2D eigenvalue weighted by atomic mass is 32.2. The summed E-state index contributed by atoms with van der Waals surface area (Å²) in [7, 11) is -3.70. The number of aromatic amines is 1. The van der Waals surface area contributed by atoms with Gasteiger partial charge in [-0.2, -0.15) is 8.42 Å². The van der Waals surface area contributed by atoms with Gasteiger partial charge in [-0.05, 0) is 50.3 Å². The molecule has 2 heterocycles. The lowest BCUT2D eigenvalue weighted by atomic mass is 10.0. The van der Waals surface area contributed by atoms with Crippen LogP contribution in [0.2, 0.25) is 0 Å². The van der Waals surface area contributed by atoms with Gasteiger partial charge in [0.15, 0.2) is 11.2 Å². The first-order valence-electron chi connectivity index (χ1n) is 12.9. The van der Waals surface area contributed by atoms with Crippen molar-refractivity contribution in [3.8, 4) is 17.1 Å². The van der Waals surface area contributed by atoms with Crippen LogP contribution in [-0.4, -0.2) is 46.9 Å². The van der Waals surface area contributed by atoms with Crippen LogP contribution in [0.25, 0.3) is 22.6 Å². The van der Waals surface area contributed by atoms with Crippen LogP contribution in [0.15, 0.2) is 65.7 Å². The molecule has 2 unspecified atom stereocenters. The van der Waals surface area contributed by atoms with Crippen LogP contribution in [-0.2, 0) is 20.7 Å². The highest BCUT2D eigenvalue weighted by Gasteiger charge is 2.26. The topological polar surface area (TPSA) is 116 Å². The van der Waals surface area contributed by atoms with Crippen molar-refractivity contribution in [2.75, 3.05) is 12.9 Å². The van der Waals surface area contributed by atoms with E-state index in [1.165, 1.54) is 5.56 Å². The van der Waals surface area contributed by atoms with Gasteiger partial charge in [0.2, 0.25) is 0 Å². The molecule has 0 aliphatic heterocycles. The number of aryl methyl sites for hydroxylation is 1. The van der Waals surface area contributed by atoms with Gasteiger partial charge in [-0.1, -0.05) is 55.8 Å². The van der Waals surface area contributed by atoms with Gasteiger partial charge in [0.05, 0.1) is 36.9 Å². The minimum Gasteiger partial charge on any atom is -0.493 e. The molecule has 2 atom stereocenters. The Labute approximate surface area is 223 Å². The lowest BCUT2D eigenvalue weighted by molar-refractivity contribution is 0.157. The van der Waals surface area contributed by atoms with Crippen molar-refractivity contribution in [2.24, 2.45) is 0 Å². The van der Waals surface area contributed by atoms with Crippen molar-refractivity contribution in [1.29, 1.82) is 0 Å². The second-order valence-corrected chi connectivity index (χ2v) is 11.0. The number of aromatic nitrogens is 4. The summed E-state index contributed by atoms with van der Waals surface area (Å²) in [5.74, 6) is 0.977. The van der Waals surface area contributed by atoms with Crippen molar-refractivity contribution in [2.45, 2.75) is 58.1 Å². The standard InChI is InChI=1S/C28H34N4O5S/c1-4-18-36-24-17-11-9-15-22(24)26-30-27-25(28(33)31-26)29-19-32(27)23(20(2)37-38(3,34)35)16-10-8-14-21-12-6-5-7-13-21/h5-7,9,11-13,15,17,19-20,23H,4,8,10,14,16,18H2,1-3H3,(H,30,31,33). The number of rotatable bonds is 13. The van der Waals surface area contributed by atoms with E-state index in [2.05, 4.69) is 22.1 Å². The molecule has 1 N–H and O–H groups in total. The van der Waals surface area contributed by atoms with Gasteiger partial charge < -0.3 is 14.3 Å². The van der Waals surface area contributed by atoms with E-state index >= 15 is 0 Å². The zero-order valence-electron chi connectivity index (χ0n) is 22.0. The van der Waals surface area contributed by atoms with E-state index < -0.39 is 22.3 Å². The minimum absolute atomic E-state index is 0.182. The van der Waals surface area contributed by atoms with Gasteiger partial charge in [0.1, 0.15) is 11.6 Å². The molecule has 4 aromatic rings. The number of hydrogen-bond donors (Lipinski definition) is 1. The number of hydrogen-bond acceptors (Lipinski definition) is 7. The number of para-hydroxylation sites is 1. The molecule has 0 aliphatic rings. The van der Waals surface area contributed by atoms with E-state index in [4.69, 9.17) is 13.9 Å². The molecule has 0 spiro atoms. The summed E-state index contributed by atoms with van der Waals surface area (Å²) >= 11 is 0. The third-order valence-electron chi connectivity index (χ3n) is 6.32. The molecular weight excluding hydrogens is 504 g/mol. The summed E-state index contributed by atoms with van der Waals surface area (Å²) in [6, 6.07) is 17.2. The second-order valence-electron chi connectivity index (χ2n) is 9.39. The molecule has 2 aromatic carbocycles. The smallest absolute Gasteiger partial charge is 0.279 e. The lowest BCUT2D eigenvalue weighted by Crippen LogP contribution is -2.27. The quantitative estimate of drug-likeness (QED) is 0.190. The molecule has 10 heteroatoms. The van der Waals surface area contributed by atoms with Crippen molar-refractivity contribution < 1.29 is 17.3 Å². The summed E-state index contributed by atoms with van der Waals surface area (Å²) in [6.07, 6.45) is 6.00. The van der Waals surface area contributed by atoms with Gasteiger partial charge >= 0.3 is 0 Å². The van der Waals surface area contributed by atoms with Crippen LogP contribution in [0.5, 0.6) is 5.75 Å². The van der Waals surface area contributed by atoms with E-state index in [1.807, 2.05) is 49.4 Å². The lowest BCUT2D eigenvalue weighted by Gasteiger charge is -2.25. The number of H-pyrrole nitrogens is 1. The molecule has 202 valence electrons. The summed E-state index contributed by atoms with van der Waals surface area (Å²) in [5.41, 5.74) is 2.08. The average molecular weight is 539 g/mol. The molecule has 38 heavy (non-hydrogen) atoms. The van der Waals surface area contributed by atoms with Crippen molar-refractivity contribution in [3.63, 3.8) is 0 Å². The molecule has 0 fully saturated rings. The molecule has 2 aromatic heterocycles.